The fourth-order valence-corrected chi connectivity index (χ4v) is 2.68. The third kappa shape index (κ3) is 3.76. The maximum atomic E-state index is 12.8. The molecule has 128 valence electrons. The van der Waals surface area contributed by atoms with Gasteiger partial charge in [0.2, 0.25) is 5.91 Å². The molecule has 2 aromatic rings. The number of carbonyl (C=O) groups is 1. The summed E-state index contributed by atoms with van der Waals surface area (Å²) in [6.07, 6.45) is 0.0735. The first-order valence-corrected chi connectivity index (χ1v) is 7.67. The van der Waals surface area contributed by atoms with E-state index in [9.17, 15) is 18.0 Å². The van der Waals surface area contributed by atoms with E-state index in [0.29, 0.717) is 5.69 Å². The van der Waals surface area contributed by atoms with Gasteiger partial charge in [0.1, 0.15) is 0 Å². The molecule has 1 aliphatic heterocycles. The molecular formula is C16H17F3N4O. The lowest BCUT2D eigenvalue weighted by atomic mass is 9.97. The molecule has 2 N–H and O–H groups in total. The Balaban J connectivity index is 1.72. The van der Waals surface area contributed by atoms with Gasteiger partial charge in [0, 0.05) is 5.92 Å². The molecule has 1 amide bonds. The summed E-state index contributed by atoms with van der Waals surface area (Å²) < 4.78 is 39.6. The summed E-state index contributed by atoms with van der Waals surface area (Å²) in [6.45, 7) is 1.61. The van der Waals surface area contributed by atoms with Gasteiger partial charge in [0.15, 0.2) is 0 Å². The van der Waals surface area contributed by atoms with E-state index in [0.717, 1.165) is 38.1 Å². The summed E-state index contributed by atoms with van der Waals surface area (Å²) in [7, 11) is 0. The van der Waals surface area contributed by atoms with Crippen LogP contribution in [0.3, 0.4) is 0 Å². The highest BCUT2D eigenvalue weighted by Crippen LogP contribution is 2.30. The van der Waals surface area contributed by atoms with E-state index < -0.39 is 11.7 Å². The van der Waals surface area contributed by atoms with E-state index in [1.165, 1.54) is 29.2 Å². The van der Waals surface area contributed by atoms with E-state index in [-0.39, 0.29) is 17.5 Å². The number of anilines is 1. The topological polar surface area (TPSA) is 59.0 Å². The number of nitrogens with zero attached hydrogens (tertiary/aromatic N) is 2. The number of aromatic nitrogens is 2. The number of halogens is 3. The van der Waals surface area contributed by atoms with E-state index >= 15 is 0 Å². The van der Waals surface area contributed by atoms with Gasteiger partial charge in [-0.2, -0.15) is 18.3 Å². The maximum Gasteiger partial charge on any atom is 0.416 e. The zero-order chi connectivity index (χ0) is 17.2. The van der Waals surface area contributed by atoms with Crippen molar-refractivity contribution in [1.82, 2.24) is 15.1 Å². The quantitative estimate of drug-likeness (QED) is 0.905. The summed E-state index contributed by atoms with van der Waals surface area (Å²) in [6, 6.07) is 4.88. The molecule has 5 nitrogen and oxygen atoms in total. The Bertz CT molecular complexity index is 720. The van der Waals surface area contributed by atoms with Gasteiger partial charge in [-0.15, -0.1) is 0 Å². The van der Waals surface area contributed by atoms with Crippen LogP contribution >= 0.6 is 0 Å². The molecule has 0 unspecified atom stereocenters. The molecule has 3 rings (SSSR count). The van der Waals surface area contributed by atoms with Crippen molar-refractivity contribution < 1.29 is 18.0 Å². The number of nitrogens with one attached hydrogen (secondary N) is 2. The molecule has 0 aliphatic carbocycles. The number of hydrogen-bond acceptors (Lipinski definition) is 3. The van der Waals surface area contributed by atoms with Gasteiger partial charge in [-0.3, -0.25) is 4.79 Å². The second-order valence-corrected chi connectivity index (χ2v) is 5.74. The van der Waals surface area contributed by atoms with Gasteiger partial charge in [0.05, 0.1) is 29.3 Å². The number of benzene rings is 1. The Morgan fingerprint density at radius 1 is 1.29 bits per heavy atom. The van der Waals surface area contributed by atoms with Crippen LogP contribution in [0.1, 0.15) is 18.4 Å². The highest BCUT2D eigenvalue weighted by atomic mass is 19.4. The van der Waals surface area contributed by atoms with Gasteiger partial charge in [0.25, 0.3) is 0 Å². The highest BCUT2D eigenvalue weighted by molar-refractivity contribution is 5.92. The number of rotatable bonds is 3. The Morgan fingerprint density at radius 3 is 2.75 bits per heavy atom. The average molecular weight is 338 g/mol. The van der Waals surface area contributed by atoms with Crippen molar-refractivity contribution in [2.45, 2.75) is 19.0 Å². The Labute approximate surface area is 136 Å². The average Bonchev–Trinajstić information content (AvgIpc) is 3.03. The molecule has 0 atom stereocenters. The fraction of sp³-hybridized carbons (Fsp3) is 0.375. The van der Waals surface area contributed by atoms with Crippen LogP contribution in [-0.2, 0) is 11.0 Å². The molecule has 1 aromatic heterocycles. The van der Waals surface area contributed by atoms with Crippen LogP contribution in [0.15, 0.2) is 36.7 Å². The first-order valence-electron chi connectivity index (χ1n) is 7.67. The van der Waals surface area contributed by atoms with Crippen molar-refractivity contribution in [3.63, 3.8) is 0 Å². The van der Waals surface area contributed by atoms with Gasteiger partial charge in [-0.25, -0.2) is 4.68 Å². The van der Waals surface area contributed by atoms with Gasteiger partial charge in [-0.1, -0.05) is 6.07 Å². The fourth-order valence-electron chi connectivity index (χ4n) is 2.68. The summed E-state index contributed by atoms with van der Waals surface area (Å²) in [5.74, 6) is -0.136. The maximum absolute atomic E-state index is 12.8. The van der Waals surface area contributed by atoms with Crippen LogP contribution in [0.4, 0.5) is 18.9 Å². The molecule has 1 saturated heterocycles. The molecule has 0 radical (unpaired) electrons. The largest absolute Gasteiger partial charge is 0.416 e. The smallest absolute Gasteiger partial charge is 0.323 e. The van der Waals surface area contributed by atoms with E-state index in [1.54, 1.807) is 0 Å². The minimum atomic E-state index is -4.41. The summed E-state index contributed by atoms with van der Waals surface area (Å²) in [5.41, 5.74) is 0.0129. The standard InChI is InChI=1S/C16H17F3N4O/c17-16(18,19)12-2-1-3-14(8-12)23-10-13(9-21-23)22-15(24)11-4-6-20-7-5-11/h1-3,8-11,20H,4-7H2,(H,22,24). The Hall–Kier alpha value is -2.35. The molecule has 0 spiro atoms. The summed E-state index contributed by atoms with van der Waals surface area (Å²) in [5, 5.41) is 9.99. The minimum absolute atomic E-state index is 0.0526. The van der Waals surface area contributed by atoms with Crippen LogP contribution in [0.25, 0.3) is 5.69 Å². The molecule has 0 saturated carbocycles. The van der Waals surface area contributed by atoms with E-state index in [4.69, 9.17) is 0 Å². The minimum Gasteiger partial charge on any atom is -0.323 e. The molecule has 1 fully saturated rings. The zero-order valence-corrected chi connectivity index (χ0v) is 12.8. The normalized spacial score (nSPS) is 16.1. The Morgan fingerprint density at radius 2 is 2.04 bits per heavy atom. The second-order valence-electron chi connectivity index (χ2n) is 5.74. The first-order chi connectivity index (χ1) is 11.4. The third-order valence-electron chi connectivity index (χ3n) is 4.00. The highest BCUT2D eigenvalue weighted by Gasteiger charge is 2.30. The van der Waals surface area contributed by atoms with Crippen molar-refractivity contribution in [2.24, 2.45) is 5.92 Å². The van der Waals surface area contributed by atoms with E-state index in [2.05, 4.69) is 15.7 Å². The lowest BCUT2D eigenvalue weighted by molar-refractivity contribution is -0.137. The Kier molecular flexibility index (Phi) is 4.57. The van der Waals surface area contributed by atoms with Crippen molar-refractivity contribution in [2.75, 3.05) is 18.4 Å². The van der Waals surface area contributed by atoms with Gasteiger partial charge >= 0.3 is 6.18 Å². The SMILES string of the molecule is O=C(Nc1cnn(-c2cccc(C(F)(F)F)c2)c1)C1CCNCC1. The molecule has 8 heteroatoms. The third-order valence-corrected chi connectivity index (χ3v) is 4.00. The number of amides is 1. The number of hydrogen-bond donors (Lipinski definition) is 2. The van der Waals surface area contributed by atoms with Gasteiger partial charge < -0.3 is 10.6 Å². The second kappa shape index (κ2) is 6.64. The molecule has 1 aromatic carbocycles. The molecule has 0 bridgehead atoms. The lowest BCUT2D eigenvalue weighted by Crippen LogP contribution is -2.34. The van der Waals surface area contributed by atoms with Crippen LogP contribution in [0.5, 0.6) is 0 Å². The van der Waals surface area contributed by atoms with Crippen LogP contribution in [-0.4, -0.2) is 28.8 Å². The predicted octanol–water partition coefficient (Wildman–Crippen LogP) is 2.83. The number of piperidine rings is 1. The molecule has 2 heterocycles. The molecule has 24 heavy (non-hydrogen) atoms. The van der Waals surface area contributed by atoms with Crippen molar-refractivity contribution >= 4 is 11.6 Å². The zero-order valence-electron chi connectivity index (χ0n) is 12.8. The van der Waals surface area contributed by atoms with Crippen molar-refractivity contribution in [1.29, 1.82) is 0 Å². The first kappa shape index (κ1) is 16.5. The number of carbonyl (C=O) groups excluding carboxylic acids is 1. The van der Waals surface area contributed by atoms with Gasteiger partial charge in [-0.05, 0) is 44.1 Å². The van der Waals surface area contributed by atoms with Crippen LogP contribution in [0.2, 0.25) is 0 Å². The van der Waals surface area contributed by atoms with Crippen molar-refractivity contribution in [3.8, 4) is 5.69 Å². The summed E-state index contributed by atoms with van der Waals surface area (Å²) in [4.78, 5) is 12.2. The molecular weight excluding hydrogens is 321 g/mol. The van der Waals surface area contributed by atoms with Crippen molar-refractivity contribution in [3.05, 3.63) is 42.2 Å². The van der Waals surface area contributed by atoms with E-state index in [1.807, 2.05) is 0 Å². The van der Waals surface area contributed by atoms with Crippen LogP contribution in [0, 0.1) is 5.92 Å². The molecule has 1 aliphatic rings. The lowest BCUT2D eigenvalue weighted by Gasteiger charge is -2.21. The monoisotopic (exact) mass is 338 g/mol. The predicted molar refractivity (Wildman–Crippen MR) is 82.8 cm³/mol. The van der Waals surface area contributed by atoms with Crippen LogP contribution < -0.4 is 10.6 Å². The summed E-state index contributed by atoms with van der Waals surface area (Å²) >= 11 is 0. The number of alkyl halides is 3.